The van der Waals surface area contributed by atoms with Gasteiger partial charge in [0.1, 0.15) is 5.82 Å². The summed E-state index contributed by atoms with van der Waals surface area (Å²) in [5.74, 6) is -2.16. The SMILES string of the molecule is CC1(C(=O)c2c(F)ccc(Br)c2F)CCCN1. The van der Waals surface area contributed by atoms with Crippen LogP contribution in [0, 0.1) is 11.6 Å². The van der Waals surface area contributed by atoms with E-state index in [9.17, 15) is 13.6 Å². The van der Waals surface area contributed by atoms with E-state index in [4.69, 9.17) is 0 Å². The molecular weight excluding hydrogens is 292 g/mol. The third-order valence-electron chi connectivity index (χ3n) is 3.14. The van der Waals surface area contributed by atoms with Crippen molar-refractivity contribution >= 4 is 21.7 Å². The summed E-state index contributed by atoms with van der Waals surface area (Å²) in [4.78, 5) is 12.2. The average molecular weight is 304 g/mol. The molecule has 2 rings (SSSR count). The number of hydrogen-bond donors (Lipinski definition) is 1. The number of benzene rings is 1. The van der Waals surface area contributed by atoms with Gasteiger partial charge in [-0.05, 0) is 54.4 Å². The Morgan fingerprint density at radius 2 is 2.18 bits per heavy atom. The van der Waals surface area contributed by atoms with Crippen molar-refractivity contribution in [1.82, 2.24) is 5.32 Å². The van der Waals surface area contributed by atoms with Gasteiger partial charge in [0.15, 0.2) is 11.6 Å². The minimum Gasteiger partial charge on any atom is -0.305 e. The zero-order valence-corrected chi connectivity index (χ0v) is 10.9. The van der Waals surface area contributed by atoms with Gasteiger partial charge in [-0.15, -0.1) is 0 Å². The monoisotopic (exact) mass is 303 g/mol. The second-order valence-corrected chi connectivity index (χ2v) is 5.26. The van der Waals surface area contributed by atoms with E-state index in [1.165, 1.54) is 6.07 Å². The van der Waals surface area contributed by atoms with Crippen molar-refractivity contribution in [3.05, 3.63) is 33.8 Å². The normalized spacial score (nSPS) is 24.0. The number of carbonyl (C=O) groups is 1. The number of rotatable bonds is 2. The molecule has 2 nitrogen and oxygen atoms in total. The summed E-state index contributed by atoms with van der Waals surface area (Å²) in [6.07, 6.45) is 1.43. The molecule has 5 heteroatoms. The van der Waals surface area contributed by atoms with Crippen molar-refractivity contribution in [2.75, 3.05) is 6.54 Å². The maximum absolute atomic E-state index is 13.8. The Morgan fingerprint density at radius 1 is 1.47 bits per heavy atom. The highest BCUT2D eigenvalue weighted by Gasteiger charge is 2.39. The molecule has 1 aliphatic heterocycles. The third-order valence-corrected chi connectivity index (χ3v) is 3.75. The summed E-state index contributed by atoms with van der Waals surface area (Å²) in [5, 5.41) is 3.01. The van der Waals surface area contributed by atoms with Crippen LogP contribution in [0.5, 0.6) is 0 Å². The van der Waals surface area contributed by atoms with Gasteiger partial charge in [-0.2, -0.15) is 0 Å². The lowest BCUT2D eigenvalue weighted by Crippen LogP contribution is -2.45. The smallest absolute Gasteiger partial charge is 0.188 e. The molecule has 1 heterocycles. The van der Waals surface area contributed by atoms with Crippen LogP contribution in [-0.4, -0.2) is 17.9 Å². The lowest BCUT2D eigenvalue weighted by atomic mass is 9.89. The van der Waals surface area contributed by atoms with Crippen LogP contribution >= 0.6 is 15.9 Å². The van der Waals surface area contributed by atoms with Gasteiger partial charge in [-0.3, -0.25) is 4.79 Å². The number of Topliss-reactive ketones (excluding diaryl/α,β-unsaturated/α-hetero) is 1. The molecule has 1 aromatic carbocycles. The molecule has 1 aliphatic rings. The van der Waals surface area contributed by atoms with Crippen molar-refractivity contribution in [1.29, 1.82) is 0 Å². The van der Waals surface area contributed by atoms with Crippen LogP contribution in [0.1, 0.15) is 30.1 Å². The molecule has 1 atom stereocenters. The summed E-state index contributed by atoms with van der Waals surface area (Å²) in [7, 11) is 0. The minimum absolute atomic E-state index is 0.101. The maximum Gasteiger partial charge on any atom is 0.188 e. The van der Waals surface area contributed by atoms with E-state index in [-0.39, 0.29) is 4.47 Å². The maximum atomic E-state index is 13.8. The van der Waals surface area contributed by atoms with Crippen LogP contribution in [0.2, 0.25) is 0 Å². The first-order chi connectivity index (χ1) is 7.96. The van der Waals surface area contributed by atoms with E-state index in [1.54, 1.807) is 6.92 Å². The van der Waals surface area contributed by atoms with Crippen LogP contribution in [0.3, 0.4) is 0 Å². The zero-order chi connectivity index (χ0) is 12.6. The second-order valence-electron chi connectivity index (χ2n) is 4.41. The third kappa shape index (κ3) is 2.13. The van der Waals surface area contributed by atoms with Gasteiger partial charge in [0, 0.05) is 0 Å². The number of nitrogens with one attached hydrogen (secondary N) is 1. The van der Waals surface area contributed by atoms with Crippen molar-refractivity contribution in [3.8, 4) is 0 Å². The molecule has 1 N–H and O–H groups in total. The molecule has 92 valence electrons. The summed E-state index contributed by atoms with van der Waals surface area (Å²) in [6.45, 7) is 2.38. The number of hydrogen-bond acceptors (Lipinski definition) is 2. The first-order valence-electron chi connectivity index (χ1n) is 5.39. The van der Waals surface area contributed by atoms with Crippen LogP contribution in [-0.2, 0) is 0 Å². The Morgan fingerprint density at radius 3 is 2.76 bits per heavy atom. The molecule has 0 radical (unpaired) electrons. The van der Waals surface area contributed by atoms with E-state index in [0.29, 0.717) is 13.0 Å². The Hall–Kier alpha value is -0.810. The predicted molar refractivity (Wildman–Crippen MR) is 64.0 cm³/mol. The average Bonchev–Trinajstić information content (AvgIpc) is 2.72. The van der Waals surface area contributed by atoms with E-state index in [2.05, 4.69) is 21.2 Å². The van der Waals surface area contributed by atoms with Crippen LogP contribution in [0.25, 0.3) is 0 Å². The first kappa shape index (κ1) is 12.6. The Bertz CT molecular complexity index is 470. The van der Waals surface area contributed by atoms with Gasteiger partial charge in [-0.1, -0.05) is 0 Å². The highest BCUT2D eigenvalue weighted by Crippen LogP contribution is 2.29. The molecule has 1 aromatic rings. The Kier molecular flexibility index (Phi) is 3.32. The van der Waals surface area contributed by atoms with E-state index >= 15 is 0 Å². The lowest BCUT2D eigenvalue weighted by Gasteiger charge is -2.23. The summed E-state index contributed by atoms with van der Waals surface area (Å²) in [6, 6.07) is 2.35. The quantitative estimate of drug-likeness (QED) is 0.672. The molecule has 0 aliphatic carbocycles. The molecule has 1 unspecified atom stereocenters. The van der Waals surface area contributed by atoms with E-state index in [1.807, 2.05) is 0 Å². The van der Waals surface area contributed by atoms with Crippen LogP contribution in [0.15, 0.2) is 16.6 Å². The molecule has 0 amide bonds. The molecule has 0 spiro atoms. The van der Waals surface area contributed by atoms with Gasteiger partial charge in [0.25, 0.3) is 0 Å². The lowest BCUT2D eigenvalue weighted by molar-refractivity contribution is 0.0875. The zero-order valence-electron chi connectivity index (χ0n) is 9.32. The number of ketones is 1. The van der Waals surface area contributed by atoms with Crippen molar-refractivity contribution < 1.29 is 13.6 Å². The Balaban J connectivity index is 2.47. The minimum atomic E-state index is -0.859. The summed E-state index contributed by atoms with van der Waals surface area (Å²) in [5.41, 5.74) is -1.32. The van der Waals surface area contributed by atoms with Crippen LogP contribution < -0.4 is 5.32 Å². The second kappa shape index (κ2) is 4.46. The van der Waals surface area contributed by atoms with E-state index < -0.39 is 28.5 Å². The molecule has 0 aromatic heterocycles. The fourth-order valence-electron chi connectivity index (χ4n) is 2.10. The number of halogens is 3. The van der Waals surface area contributed by atoms with Gasteiger partial charge >= 0.3 is 0 Å². The fraction of sp³-hybridized carbons (Fsp3) is 0.417. The molecular formula is C12H12BrF2NO. The molecule has 1 fully saturated rings. The molecule has 0 saturated carbocycles. The van der Waals surface area contributed by atoms with Crippen LogP contribution in [0.4, 0.5) is 8.78 Å². The van der Waals surface area contributed by atoms with E-state index in [0.717, 1.165) is 12.5 Å². The summed E-state index contributed by atoms with van der Waals surface area (Å²) >= 11 is 2.96. The highest BCUT2D eigenvalue weighted by atomic mass is 79.9. The van der Waals surface area contributed by atoms with Crippen molar-refractivity contribution in [3.63, 3.8) is 0 Å². The standard InChI is InChI=1S/C12H12BrF2NO/c1-12(5-2-6-16-12)11(17)9-8(14)4-3-7(13)10(9)15/h3-4,16H,2,5-6H2,1H3. The Labute approximate surface area is 107 Å². The van der Waals surface area contributed by atoms with Gasteiger partial charge in [-0.25, -0.2) is 8.78 Å². The predicted octanol–water partition coefficient (Wildman–Crippen LogP) is 3.05. The molecule has 0 bridgehead atoms. The van der Waals surface area contributed by atoms with Gasteiger partial charge < -0.3 is 5.32 Å². The molecule has 1 saturated heterocycles. The topological polar surface area (TPSA) is 29.1 Å². The first-order valence-corrected chi connectivity index (χ1v) is 6.18. The van der Waals surface area contributed by atoms with Crippen molar-refractivity contribution in [2.45, 2.75) is 25.3 Å². The number of carbonyl (C=O) groups excluding carboxylic acids is 1. The van der Waals surface area contributed by atoms with Gasteiger partial charge in [0.2, 0.25) is 0 Å². The fourth-order valence-corrected chi connectivity index (χ4v) is 2.43. The summed E-state index contributed by atoms with van der Waals surface area (Å²) < 4.78 is 27.5. The molecule has 17 heavy (non-hydrogen) atoms. The van der Waals surface area contributed by atoms with Gasteiger partial charge in [0.05, 0.1) is 15.6 Å². The van der Waals surface area contributed by atoms with Crippen molar-refractivity contribution in [2.24, 2.45) is 0 Å². The largest absolute Gasteiger partial charge is 0.305 e. The highest BCUT2D eigenvalue weighted by molar-refractivity contribution is 9.10.